The highest BCUT2D eigenvalue weighted by molar-refractivity contribution is 5.83. The maximum absolute atomic E-state index is 2.34. The predicted octanol–water partition coefficient (Wildman–Crippen LogP) is 15.3. The van der Waals surface area contributed by atoms with Crippen LogP contribution in [0.25, 0.3) is 50.1 Å². The molecule has 0 heterocycles. The maximum Gasteiger partial charge on any atom is -0.0171 e. The quantitative estimate of drug-likeness (QED) is 0.161. The minimum atomic E-state index is 1.12. The third-order valence-corrected chi connectivity index (χ3v) is 8.16. The average Bonchev–Trinajstić information content (AvgIpc) is 3.16. The van der Waals surface area contributed by atoms with Crippen LogP contribution < -0.4 is 0 Å². The van der Waals surface area contributed by atoms with Crippen LogP contribution in [0, 0.1) is 13.8 Å². The summed E-state index contributed by atoms with van der Waals surface area (Å²) in [6.07, 6.45) is 18.5. The molecular formula is C49H56. The van der Waals surface area contributed by atoms with Crippen molar-refractivity contribution in [3.8, 4) is 44.5 Å². The molecule has 0 saturated heterocycles. The first kappa shape index (κ1) is 38.5. The van der Waals surface area contributed by atoms with E-state index in [0.29, 0.717) is 0 Å². The third kappa shape index (κ3) is 11.9. The molecule has 0 atom stereocenters. The van der Waals surface area contributed by atoms with Gasteiger partial charge in [0, 0.05) is 0 Å². The molecule has 0 amide bonds. The number of benzene rings is 5. The lowest BCUT2D eigenvalue weighted by Crippen LogP contribution is -1.89. The van der Waals surface area contributed by atoms with Crippen molar-refractivity contribution in [2.75, 3.05) is 0 Å². The van der Waals surface area contributed by atoms with Gasteiger partial charge in [-0.25, -0.2) is 0 Å². The second kappa shape index (κ2) is 21.1. The van der Waals surface area contributed by atoms with E-state index in [0.717, 1.165) is 19.3 Å². The highest BCUT2D eigenvalue weighted by Gasteiger charge is 2.10. The zero-order chi connectivity index (χ0) is 35.4. The minimum Gasteiger partial charge on any atom is -0.0919 e. The minimum absolute atomic E-state index is 1.12. The van der Waals surface area contributed by atoms with E-state index in [-0.39, 0.29) is 0 Å². The smallest absolute Gasteiger partial charge is 0.0171 e. The van der Waals surface area contributed by atoms with E-state index in [9.17, 15) is 0 Å². The fourth-order valence-corrected chi connectivity index (χ4v) is 5.67. The lowest BCUT2D eigenvalue weighted by molar-refractivity contribution is 1.04. The van der Waals surface area contributed by atoms with Gasteiger partial charge in [-0.2, -0.15) is 0 Å². The molecule has 0 radical (unpaired) electrons. The molecule has 1 aliphatic rings. The van der Waals surface area contributed by atoms with E-state index in [1.54, 1.807) is 0 Å². The van der Waals surface area contributed by atoms with Crippen LogP contribution in [-0.2, 0) is 0 Å². The van der Waals surface area contributed by atoms with Crippen molar-refractivity contribution >= 4 is 5.57 Å². The molecule has 0 aliphatic heterocycles. The molecule has 0 N–H and O–H groups in total. The van der Waals surface area contributed by atoms with Gasteiger partial charge < -0.3 is 0 Å². The first-order chi connectivity index (χ1) is 23.9. The summed E-state index contributed by atoms with van der Waals surface area (Å²) >= 11 is 0. The van der Waals surface area contributed by atoms with Crippen LogP contribution >= 0.6 is 0 Å². The SMILES string of the molecule is C/C=C\C.C/C=C\CC.CC.Cc1cc(C)cc(-c2cc(-c3ccc(C4=CCCC=C4)cc3)cc(-c3ccc(-c4ccccc4)cc3)c2)c1. The summed E-state index contributed by atoms with van der Waals surface area (Å²) in [6, 6.07) is 42.4. The summed E-state index contributed by atoms with van der Waals surface area (Å²) in [5.74, 6) is 0. The Morgan fingerprint density at radius 2 is 0.898 bits per heavy atom. The molecule has 0 heteroatoms. The number of rotatable bonds is 6. The number of allylic oxidation sites excluding steroid dienone is 8. The van der Waals surface area contributed by atoms with Gasteiger partial charge in [-0.1, -0.05) is 171 Å². The van der Waals surface area contributed by atoms with Gasteiger partial charge in [-0.05, 0) is 128 Å². The average molecular weight is 645 g/mol. The van der Waals surface area contributed by atoms with Crippen molar-refractivity contribution in [1.82, 2.24) is 0 Å². The topological polar surface area (TPSA) is 0 Å². The molecule has 0 unspecified atom stereocenters. The summed E-state index contributed by atoms with van der Waals surface area (Å²) in [5.41, 5.74) is 15.1. The van der Waals surface area contributed by atoms with E-state index >= 15 is 0 Å². The Balaban J connectivity index is 0.000000521. The predicted molar refractivity (Wildman–Crippen MR) is 221 cm³/mol. The van der Waals surface area contributed by atoms with Gasteiger partial charge in [-0.15, -0.1) is 0 Å². The molecular weight excluding hydrogens is 589 g/mol. The number of aryl methyl sites for hydroxylation is 2. The second-order valence-electron chi connectivity index (χ2n) is 12.0. The lowest BCUT2D eigenvalue weighted by Gasteiger charge is -2.14. The Kier molecular flexibility index (Phi) is 16.6. The highest BCUT2D eigenvalue weighted by Crippen LogP contribution is 2.35. The molecule has 49 heavy (non-hydrogen) atoms. The third-order valence-electron chi connectivity index (χ3n) is 8.16. The zero-order valence-electron chi connectivity index (χ0n) is 31.1. The van der Waals surface area contributed by atoms with Crippen molar-refractivity contribution < 1.29 is 0 Å². The molecule has 0 saturated carbocycles. The molecule has 0 fully saturated rings. The Bertz CT molecular complexity index is 1780. The highest BCUT2D eigenvalue weighted by atomic mass is 14.1. The fourth-order valence-electron chi connectivity index (χ4n) is 5.67. The normalized spacial score (nSPS) is 11.9. The van der Waals surface area contributed by atoms with E-state index in [2.05, 4.69) is 166 Å². The van der Waals surface area contributed by atoms with Crippen molar-refractivity contribution in [1.29, 1.82) is 0 Å². The standard InChI is InChI=1S/C38H32.C5H10.C4H8.C2H6/c1-27-21-28(2)23-35(22-27)38-25-36(33-17-13-31(14-18-33)29-9-5-3-6-10-29)24-37(26-38)34-19-15-32(16-20-34)30-11-7-4-8-12-30;1-3-5-4-2;1-3-4-2;1-2/h3,5-7,9-26H,4,8H2,1-2H3;3,5H,4H2,1-2H3;3-4H,1-2H3;1-2H3/b;5-3-;4-3-;. The Hall–Kier alpha value is -4.94. The van der Waals surface area contributed by atoms with Gasteiger partial charge in [0.05, 0.1) is 0 Å². The van der Waals surface area contributed by atoms with Crippen molar-refractivity contribution in [3.63, 3.8) is 0 Å². The second-order valence-corrected chi connectivity index (χ2v) is 12.0. The molecule has 5 aromatic rings. The van der Waals surface area contributed by atoms with Crippen LogP contribution in [0.2, 0.25) is 0 Å². The summed E-state index contributed by atoms with van der Waals surface area (Å²) in [5, 5.41) is 0. The van der Waals surface area contributed by atoms with E-state index in [1.165, 1.54) is 66.8 Å². The molecule has 6 rings (SSSR count). The van der Waals surface area contributed by atoms with Crippen LogP contribution in [0.1, 0.15) is 77.5 Å². The molecule has 0 spiro atoms. The summed E-state index contributed by atoms with van der Waals surface area (Å²) in [7, 11) is 0. The monoisotopic (exact) mass is 644 g/mol. The Morgan fingerprint density at radius 1 is 0.469 bits per heavy atom. The van der Waals surface area contributed by atoms with Gasteiger partial charge in [0.1, 0.15) is 0 Å². The summed E-state index contributed by atoms with van der Waals surface area (Å²) in [6.45, 7) is 16.5. The van der Waals surface area contributed by atoms with Crippen LogP contribution in [0.15, 0.2) is 158 Å². The number of hydrogen-bond acceptors (Lipinski definition) is 0. The van der Waals surface area contributed by atoms with E-state index < -0.39 is 0 Å². The molecule has 0 aromatic heterocycles. The largest absolute Gasteiger partial charge is 0.0919 e. The summed E-state index contributed by atoms with van der Waals surface area (Å²) in [4.78, 5) is 0. The fraction of sp³-hybridized carbons (Fsp3) is 0.224. The molecule has 5 aromatic carbocycles. The Labute approximate surface area is 298 Å². The number of hydrogen-bond donors (Lipinski definition) is 0. The van der Waals surface area contributed by atoms with Gasteiger partial charge in [0.2, 0.25) is 0 Å². The summed E-state index contributed by atoms with van der Waals surface area (Å²) < 4.78 is 0. The molecule has 0 nitrogen and oxygen atoms in total. The Morgan fingerprint density at radius 3 is 1.31 bits per heavy atom. The van der Waals surface area contributed by atoms with Gasteiger partial charge in [-0.3, -0.25) is 0 Å². The zero-order valence-corrected chi connectivity index (χ0v) is 31.1. The van der Waals surface area contributed by atoms with Gasteiger partial charge in [0.25, 0.3) is 0 Å². The lowest BCUT2D eigenvalue weighted by atomic mass is 9.91. The van der Waals surface area contributed by atoms with Crippen molar-refractivity contribution in [2.24, 2.45) is 0 Å². The van der Waals surface area contributed by atoms with Gasteiger partial charge in [0.15, 0.2) is 0 Å². The van der Waals surface area contributed by atoms with E-state index in [4.69, 9.17) is 0 Å². The van der Waals surface area contributed by atoms with Crippen LogP contribution in [-0.4, -0.2) is 0 Å². The van der Waals surface area contributed by atoms with E-state index in [1.807, 2.05) is 46.8 Å². The molecule has 0 bridgehead atoms. The van der Waals surface area contributed by atoms with Crippen molar-refractivity contribution in [3.05, 3.63) is 174 Å². The maximum atomic E-state index is 2.34. The van der Waals surface area contributed by atoms with Crippen LogP contribution in [0.5, 0.6) is 0 Å². The first-order valence-corrected chi connectivity index (χ1v) is 18.0. The first-order valence-electron chi connectivity index (χ1n) is 18.0. The molecule has 252 valence electrons. The van der Waals surface area contributed by atoms with Gasteiger partial charge >= 0.3 is 0 Å². The van der Waals surface area contributed by atoms with Crippen molar-refractivity contribution in [2.45, 2.75) is 74.7 Å². The molecule has 1 aliphatic carbocycles. The van der Waals surface area contributed by atoms with Crippen LogP contribution in [0.4, 0.5) is 0 Å². The van der Waals surface area contributed by atoms with Crippen LogP contribution in [0.3, 0.4) is 0 Å².